The first-order valence-electron chi connectivity index (χ1n) is 5.32. The SMILES string of the molecule is CC(=O)[C@H](CCc1ccccc1)N(C)C. The first-order chi connectivity index (χ1) is 7.11. The van der Waals surface area contributed by atoms with Gasteiger partial charge in [-0.1, -0.05) is 30.3 Å². The van der Waals surface area contributed by atoms with E-state index < -0.39 is 0 Å². The summed E-state index contributed by atoms with van der Waals surface area (Å²) in [5.74, 6) is 0.246. The predicted octanol–water partition coefficient (Wildman–Crippen LogP) is 2.14. The molecule has 0 aliphatic rings. The lowest BCUT2D eigenvalue weighted by Gasteiger charge is -2.21. The zero-order valence-corrected chi connectivity index (χ0v) is 9.73. The van der Waals surface area contributed by atoms with Gasteiger partial charge in [-0.25, -0.2) is 0 Å². The Morgan fingerprint density at radius 1 is 1.27 bits per heavy atom. The predicted molar refractivity (Wildman–Crippen MR) is 62.9 cm³/mol. The van der Waals surface area contributed by atoms with E-state index in [1.807, 2.05) is 37.2 Å². The number of Topliss-reactive ketones (excluding diaryl/α,β-unsaturated/α-hetero) is 1. The van der Waals surface area contributed by atoms with Gasteiger partial charge in [0.05, 0.1) is 6.04 Å². The summed E-state index contributed by atoms with van der Waals surface area (Å²) < 4.78 is 0. The minimum atomic E-state index is 0.0465. The molecule has 0 bridgehead atoms. The molecule has 0 saturated carbocycles. The number of carbonyl (C=O) groups excluding carboxylic acids is 1. The van der Waals surface area contributed by atoms with Gasteiger partial charge in [-0.2, -0.15) is 0 Å². The fourth-order valence-electron chi connectivity index (χ4n) is 1.77. The minimum Gasteiger partial charge on any atom is -0.300 e. The third-order valence-corrected chi connectivity index (χ3v) is 2.64. The van der Waals surface area contributed by atoms with Crippen LogP contribution in [-0.2, 0) is 11.2 Å². The van der Waals surface area contributed by atoms with Crippen molar-refractivity contribution in [1.82, 2.24) is 4.90 Å². The highest BCUT2D eigenvalue weighted by atomic mass is 16.1. The smallest absolute Gasteiger partial charge is 0.146 e. The van der Waals surface area contributed by atoms with Gasteiger partial charge < -0.3 is 0 Å². The van der Waals surface area contributed by atoms with Gasteiger partial charge >= 0.3 is 0 Å². The molecule has 0 aliphatic carbocycles. The van der Waals surface area contributed by atoms with Crippen molar-refractivity contribution >= 4 is 5.78 Å². The van der Waals surface area contributed by atoms with E-state index in [2.05, 4.69) is 12.1 Å². The molecule has 82 valence electrons. The lowest BCUT2D eigenvalue weighted by molar-refractivity contribution is -0.121. The van der Waals surface area contributed by atoms with Gasteiger partial charge in [-0.15, -0.1) is 0 Å². The summed E-state index contributed by atoms with van der Waals surface area (Å²) in [7, 11) is 3.91. The van der Waals surface area contributed by atoms with Crippen LogP contribution in [0.2, 0.25) is 0 Å². The second-order valence-corrected chi connectivity index (χ2v) is 4.11. The Morgan fingerprint density at radius 2 is 1.87 bits per heavy atom. The van der Waals surface area contributed by atoms with E-state index in [-0.39, 0.29) is 11.8 Å². The highest BCUT2D eigenvalue weighted by Gasteiger charge is 2.15. The van der Waals surface area contributed by atoms with Crippen LogP contribution >= 0.6 is 0 Å². The molecule has 0 N–H and O–H groups in total. The largest absolute Gasteiger partial charge is 0.300 e. The van der Waals surface area contributed by atoms with Crippen molar-refractivity contribution in [3.05, 3.63) is 35.9 Å². The number of carbonyl (C=O) groups is 1. The molecule has 0 heterocycles. The molecule has 15 heavy (non-hydrogen) atoms. The fraction of sp³-hybridized carbons (Fsp3) is 0.462. The molecule has 0 fully saturated rings. The Bertz CT molecular complexity index is 306. The number of ketones is 1. The standard InChI is InChI=1S/C13H19NO/c1-11(15)13(14(2)3)10-9-12-7-5-4-6-8-12/h4-8,13H,9-10H2,1-3H3/t13-/m0/s1. The van der Waals surface area contributed by atoms with Crippen LogP contribution in [0.3, 0.4) is 0 Å². The minimum absolute atomic E-state index is 0.0465. The van der Waals surface area contributed by atoms with E-state index in [0.29, 0.717) is 0 Å². The van der Waals surface area contributed by atoms with Gasteiger partial charge in [-0.3, -0.25) is 9.69 Å². The summed E-state index contributed by atoms with van der Waals surface area (Å²) >= 11 is 0. The van der Waals surface area contributed by atoms with Crippen molar-refractivity contribution < 1.29 is 4.79 Å². The van der Waals surface area contributed by atoms with Gasteiger partial charge in [-0.05, 0) is 39.4 Å². The maximum absolute atomic E-state index is 11.4. The molecule has 1 atom stereocenters. The summed E-state index contributed by atoms with van der Waals surface area (Å²) in [6.07, 6.45) is 1.86. The maximum Gasteiger partial charge on any atom is 0.146 e. The molecule has 0 spiro atoms. The Balaban J connectivity index is 2.51. The van der Waals surface area contributed by atoms with Crippen molar-refractivity contribution in [2.75, 3.05) is 14.1 Å². The van der Waals surface area contributed by atoms with E-state index in [1.165, 1.54) is 5.56 Å². The third kappa shape index (κ3) is 3.84. The van der Waals surface area contributed by atoms with Gasteiger partial charge in [0.2, 0.25) is 0 Å². The van der Waals surface area contributed by atoms with Gasteiger partial charge in [0.15, 0.2) is 0 Å². The first kappa shape index (κ1) is 11.9. The molecule has 2 heteroatoms. The van der Waals surface area contributed by atoms with Crippen LogP contribution in [0.25, 0.3) is 0 Å². The molecular formula is C13H19NO. The van der Waals surface area contributed by atoms with Gasteiger partial charge in [0.25, 0.3) is 0 Å². The topological polar surface area (TPSA) is 20.3 Å². The molecule has 0 saturated heterocycles. The molecule has 0 radical (unpaired) electrons. The molecule has 0 aliphatic heterocycles. The molecule has 2 nitrogen and oxygen atoms in total. The quantitative estimate of drug-likeness (QED) is 0.734. The molecule has 1 aromatic rings. The molecule has 1 rings (SSSR count). The Hall–Kier alpha value is -1.15. The maximum atomic E-state index is 11.4. The number of aryl methyl sites for hydroxylation is 1. The van der Waals surface area contributed by atoms with E-state index in [1.54, 1.807) is 6.92 Å². The van der Waals surface area contributed by atoms with Crippen LogP contribution in [0.4, 0.5) is 0 Å². The first-order valence-corrected chi connectivity index (χ1v) is 5.32. The number of hydrogen-bond acceptors (Lipinski definition) is 2. The van der Waals surface area contributed by atoms with Crippen LogP contribution in [0.1, 0.15) is 18.9 Å². The number of likely N-dealkylation sites (N-methyl/N-ethyl adjacent to an activating group) is 1. The van der Waals surface area contributed by atoms with Crippen molar-refractivity contribution in [1.29, 1.82) is 0 Å². The van der Waals surface area contributed by atoms with E-state index in [9.17, 15) is 4.79 Å². The summed E-state index contributed by atoms with van der Waals surface area (Å²) in [5, 5.41) is 0. The lowest BCUT2D eigenvalue weighted by atomic mass is 10.0. The van der Waals surface area contributed by atoms with E-state index in [0.717, 1.165) is 12.8 Å². The van der Waals surface area contributed by atoms with Crippen molar-refractivity contribution in [2.45, 2.75) is 25.8 Å². The Kier molecular flexibility index (Phi) is 4.50. The normalized spacial score (nSPS) is 12.8. The average molecular weight is 205 g/mol. The van der Waals surface area contributed by atoms with Crippen molar-refractivity contribution in [3.63, 3.8) is 0 Å². The van der Waals surface area contributed by atoms with Gasteiger partial charge in [0.1, 0.15) is 5.78 Å². The average Bonchev–Trinajstić information content (AvgIpc) is 2.18. The monoisotopic (exact) mass is 205 g/mol. The van der Waals surface area contributed by atoms with Crippen LogP contribution in [0.15, 0.2) is 30.3 Å². The second-order valence-electron chi connectivity index (χ2n) is 4.11. The highest BCUT2D eigenvalue weighted by Crippen LogP contribution is 2.08. The summed E-state index contributed by atoms with van der Waals surface area (Å²) in [6.45, 7) is 1.66. The number of nitrogens with zero attached hydrogens (tertiary/aromatic N) is 1. The van der Waals surface area contributed by atoms with Crippen LogP contribution in [0, 0.1) is 0 Å². The van der Waals surface area contributed by atoms with Crippen LogP contribution in [0.5, 0.6) is 0 Å². The summed E-state index contributed by atoms with van der Waals surface area (Å²) in [5.41, 5.74) is 1.30. The number of hydrogen-bond donors (Lipinski definition) is 0. The van der Waals surface area contributed by atoms with Crippen molar-refractivity contribution in [3.8, 4) is 0 Å². The lowest BCUT2D eigenvalue weighted by Crippen LogP contribution is -2.34. The second kappa shape index (κ2) is 5.66. The molecule has 0 unspecified atom stereocenters. The zero-order chi connectivity index (χ0) is 11.3. The van der Waals surface area contributed by atoms with E-state index in [4.69, 9.17) is 0 Å². The Labute approximate surface area is 91.9 Å². The van der Waals surface area contributed by atoms with Crippen LogP contribution < -0.4 is 0 Å². The highest BCUT2D eigenvalue weighted by molar-refractivity contribution is 5.81. The summed E-state index contributed by atoms with van der Waals surface area (Å²) in [6, 6.07) is 10.3. The zero-order valence-electron chi connectivity index (χ0n) is 9.73. The number of benzene rings is 1. The molecule has 0 amide bonds. The Morgan fingerprint density at radius 3 is 2.33 bits per heavy atom. The molecule has 1 aromatic carbocycles. The molecule has 0 aromatic heterocycles. The van der Waals surface area contributed by atoms with Crippen molar-refractivity contribution in [2.24, 2.45) is 0 Å². The summed E-state index contributed by atoms with van der Waals surface area (Å²) in [4.78, 5) is 13.4. The number of rotatable bonds is 5. The third-order valence-electron chi connectivity index (χ3n) is 2.64. The van der Waals surface area contributed by atoms with Gasteiger partial charge in [0, 0.05) is 0 Å². The molecular weight excluding hydrogens is 186 g/mol. The fourth-order valence-corrected chi connectivity index (χ4v) is 1.77. The van der Waals surface area contributed by atoms with Crippen LogP contribution in [-0.4, -0.2) is 30.8 Å². The van der Waals surface area contributed by atoms with E-state index >= 15 is 0 Å².